The second-order valence-corrected chi connectivity index (χ2v) is 10.9. The van der Waals surface area contributed by atoms with Crippen molar-refractivity contribution in [1.82, 2.24) is 9.62 Å². The molecule has 0 unspecified atom stereocenters. The normalized spacial score (nSPS) is 28.9. The van der Waals surface area contributed by atoms with Gasteiger partial charge in [0.05, 0.1) is 4.90 Å². The zero-order valence-corrected chi connectivity index (χ0v) is 18.3. The number of nitrogens with zero attached hydrogens (tertiary/aromatic N) is 1. The molecule has 7 heteroatoms. The zero-order valence-electron chi connectivity index (χ0n) is 16.7. The summed E-state index contributed by atoms with van der Waals surface area (Å²) in [6, 6.07) is 6.19. The lowest BCUT2D eigenvalue weighted by atomic mass is 9.80. The van der Waals surface area contributed by atoms with Crippen LogP contribution in [0.5, 0.6) is 0 Å². The van der Waals surface area contributed by atoms with E-state index in [1.54, 1.807) is 12.1 Å². The van der Waals surface area contributed by atoms with Crippen LogP contribution in [0.3, 0.4) is 0 Å². The van der Waals surface area contributed by atoms with E-state index in [1.807, 2.05) is 0 Å². The van der Waals surface area contributed by atoms with Gasteiger partial charge in [-0.3, -0.25) is 4.79 Å². The minimum Gasteiger partial charge on any atom is -0.342 e. The van der Waals surface area contributed by atoms with Crippen LogP contribution in [0.4, 0.5) is 0 Å². The molecule has 3 rings (SSSR count). The summed E-state index contributed by atoms with van der Waals surface area (Å²) in [5.41, 5.74) is 0. The molecule has 156 valence electrons. The molecule has 1 aliphatic heterocycles. The third-order valence-electron chi connectivity index (χ3n) is 6.06. The summed E-state index contributed by atoms with van der Waals surface area (Å²) < 4.78 is 27.5. The third-order valence-corrected chi connectivity index (χ3v) is 7.75. The van der Waals surface area contributed by atoms with Gasteiger partial charge in [0.25, 0.3) is 0 Å². The lowest BCUT2D eigenvalue weighted by molar-refractivity contribution is -0.139. The fourth-order valence-electron chi connectivity index (χ4n) is 4.64. The van der Waals surface area contributed by atoms with Gasteiger partial charge < -0.3 is 4.90 Å². The number of nitrogens with one attached hydrogen (secondary N) is 1. The van der Waals surface area contributed by atoms with E-state index in [9.17, 15) is 13.2 Å². The standard InChI is InChI=1S/C21H31ClN2O3S/c1-15-11-16(2)14-24(13-15)21(25)18-5-3-17(4-6-18)12-23-28(26,27)20-9-7-19(22)8-10-20/h7-10,15-18,23H,3-6,11-14H2,1-2H3/t15-,16+,17?,18?. The number of hydrogen-bond donors (Lipinski definition) is 1. The Morgan fingerprint density at radius 1 is 1.07 bits per heavy atom. The molecule has 1 aliphatic carbocycles. The number of carbonyl (C=O) groups excluding carboxylic acids is 1. The van der Waals surface area contributed by atoms with Crippen LogP contribution in [0, 0.1) is 23.7 Å². The molecule has 0 spiro atoms. The first-order valence-electron chi connectivity index (χ1n) is 10.3. The summed E-state index contributed by atoms with van der Waals surface area (Å²) >= 11 is 5.83. The SMILES string of the molecule is C[C@@H]1C[C@H](C)CN(C(=O)C2CCC(CNS(=O)(=O)c3ccc(Cl)cc3)CC2)C1. The molecule has 0 aromatic heterocycles. The van der Waals surface area contributed by atoms with Gasteiger partial charge in [-0.15, -0.1) is 0 Å². The summed E-state index contributed by atoms with van der Waals surface area (Å²) in [6.07, 6.45) is 4.68. The first-order chi connectivity index (χ1) is 13.2. The predicted octanol–water partition coefficient (Wildman–Crippen LogP) is 3.93. The van der Waals surface area contributed by atoms with Gasteiger partial charge in [-0.25, -0.2) is 13.1 Å². The molecule has 1 heterocycles. The second kappa shape index (κ2) is 9.14. The van der Waals surface area contributed by atoms with E-state index in [0.717, 1.165) is 38.8 Å². The van der Waals surface area contributed by atoms with Gasteiger partial charge in [0.2, 0.25) is 15.9 Å². The molecule has 1 aromatic rings. The number of rotatable bonds is 5. The maximum absolute atomic E-state index is 12.9. The van der Waals surface area contributed by atoms with Crippen molar-refractivity contribution < 1.29 is 13.2 Å². The van der Waals surface area contributed by atoms with Crippen molar-refractivity contribution >= 4 is 27.5 Å². The number of piperidine rings is 1. The zero-order chi connectivity index (χ0) is 20.3. The summed E-state index contributed by atoms with van der Waals surface area (Å²) in [4.78, 5) is 15.2. The van der Waals surface area contributed by atoms with Crippen molar-refractivity contribution in [3.05, 3.63) is 29.3 Å². The number of amides is 1. The molecular weight excluding hydrogens is 396 g/mol. The molecule has 1 aromatic carbocycles. The maximum atomic E-state index is 12.9. The molecule has 2 aliphatic rings. The largest absolute Gasteiger partial charge is 0.342 e. The Balaban J connectivity index is 1.47. The van der Waals surface area contributed by atoms with Gasteiger partial charge in [-0.1, -0.05) is 25.4 Å². The summed E-state index contributed by atoms with van der Waals surface area (Å²) in [5, 5.41) is 0.513. The third kappa shape index (κ3) is 5.49. The van der Waals surface area contributed by atoms with E-state index >= 15 is 0 Å². The number of sulfonamides is 1. The molecule has 0 bridgehead atoms. The van der Waals surface area contributed by atoms with Crippen LogP contribution in [0.25, 0.3) is 0 Å². The summed E-state index contributed by atoms with van der Waals surface area (Å²) in [7, 11) is -3.52. The molecule has 5 nitrogen and oxygen atoms in total. The van der Waals surface area contributed by atoms with Gasteiger partial charge >= 0.3 is 0 Å². The van der Waals surface area contributed by atoms with Crippen molar-refractivity contribution in [2.75, 3.05) is 19.6 Å². The minimum absolute atomic E-state index is 0.0987. The van der Waals surface area contributed by atoms with E-state index < -0.39 is 10.0 Å². The van der Waals surface area contributed by atoms with Crippen molar-refractivity contribution in [3.63, 3.8) is 0 Å². The number of benzene rings is 1. The van der Waals surface area contributed by atoms with E-state index in [0.29, 0.717) is 29.3 Å². The highest BCUT2D eigenvalue weighted by Gasteiger charge is 2.33. The second-order valence-electron chi connectivity index (χ2n) is 8.71. The van der Waals surface area contributed by atoms with Crippen LogP contribution in [0.2, 0.25) is 5.02 Å². The van der Waals surface area contributed by atoms with Crippen molar-refractivity contribution in [1.29, 1.82) is 0 Å². The number of halogens is 1. The number of likely N-dealkylation sites (tertiary alicyclic amines) is 1. The van der Waals surface area contributed by atoms with E-state index in [2.05, 4.69) is 23.5 Å². The number of carbonyl (C=O) groups is 1. The van der Waals surface area contributed by atoms with Crippen molar-refractivity contribution in [2.24, 2.45) is 23.7 Å². The van der Waals surface area contributed by atoms with Crippen molar-refractivity contribution in [2.45, 2.75) is 50.8 Å². The Bertz CT molecular complexity index is 763. The van der Waals surface area contributed by atoms with Crippen LogP contribution in [0.15, 0.2) is 29.2 Å². The Kier molecular flexibility index (Phi) is 7.05. The van der Waals surface area contributed by atoms with Gasteiger partial charge in [0.1, 0.15) is 0 Å². The van der Waals surface area contributed by atoms with Crippen LogP contribution < -0.4 is 4.72 Å². The molecule has 1 N–H and O–H groups in total. The Morgan fingerprint density at radius 3 is 2.21 bits per heavy atom. The van der Waals surface area contributed by atoms with Gasteiger partial charge in [0.15, 0.2) is 0 Å². The lowest BCUT2D eigenvalue weighted by Crippen LogP contribution is -2.46. The maximum Gasteiger partial charge on any atom is 0.240 e. The minimum atomic E-state index is -3.52. The fourth-order valence-corrected chi connectivity index (χ4v) is 5.88. The van der Waals surface area contributed by atoms with Crippen molar-refractivity contribution in [3.8, 4) is 0 Å². The topological polar surface area (TPSA) is 66.5 Å². The average molecular weight is 427 g/mol. The van der Waals surface area contributed by atoms with E-state index in [4.69, 9.17) is 11.6 Å². The average Bonchev–Trinajstić information content (AvgIpc) is 2.66. The van der Waals surface area contributed by atoms with E-state index in [1.165, 1.54) is 18.6 Å². The molecule has 2 atom stereocenters. The highest BCUT2D eigenvalue weighted by molar-refractivity contribution is 7.89. The molecule has 0 radical (unpaired) electrons. The van der Waals surface area contributed by atoms with Crippen LogP contribution in [-0.4, -0.2) is 38.9 Å². The van der Waals surface area contributed by atoms with Crippen LogP contribution in [0.1, 0.15) is 46.0 Å². The highest BCUT2D eigenvalue weighted by atomic mass is 35.5. The molecule has 2 fully saturated rings. The monoisotopic (exact) mass is 426 g/mol. The molecular formula is C21H31ClN2O3S. The lowest BCUT2D eigenvalue weighted by Gasteiger charge is -2.38. The Hall–Kier alpha value is -1.11. The summed E-state index contributed by atoms with van der Waals surface area (Å²) in [6.45, 7) is 6.62. The predicted molar refractivity (Wildman–Crippen MR) is 112 cm³/mol. The fraction of sp³-hybridized carbons (Fsp3) is 0.667. The highest BCUT2D eigenvalue weighted by Crippen LogP contribution is 2.32. The number of hydrogen-bond acceptors (Lipinski definition) is 3. The van der Waals surface area contributed by atoms with E-state index in [-0.39, 0.29) is 16.7 Å². The van der Waals surface area contributed by atoms with Gasteiger partial charge in [-0.05, 0) is 74.1 Å². The summed E-state index contributed by atoms with van der Waals surface area (Å²) in [5.74, 6) is 1.84. The van der Waals surface area contributed by atoms with Gasteiger partial charge in [0, 0.05) is 30.6 Å². The molecule has 1 saturated heterocycles. The van der Waals surface area contributed by atoms with Gasteiger partial charge in [-0.2, -0.15) is 0 Å². The first-order valence-corrected chi connectivity index (χ1v) is 12.1. The molecule has 28 heavy (non-hydrogen) atoms. The molecule has 1 amide bonds. The van der Waals surface area contributed by atoms with Crippen LogP contribution >= 0.6 is 11.6 Å². The smallest absolute Gasteiger partial charge is 0.240 e. The molecule has 1 saturated carbocycles. The Labute approximate surface area is 173 Å². The van der Waals surface area contributed by atoms with Crippen LogP contribution in [-0.2, 0) is 14.8 Å². The quantitative estimate of drug-likeness (QED) is 0.775. The Morgan fingerprint density at radius 2 is 1.64 bits per heavy atom. The first kappa shape index (κ1) is 21.6.